The highest BCUT2D eigenvalue weighted by atomic mass is 19.1. The van der Waals surface area contributed by atoms with Crippen molar-refractivity contribution in [2.75, 3.05) is 6.54 Å². The van der Waals surface area contributed by atoms with Crippen molar-refractivity contribution in [3.05, 3.63) is 60.2 Å². The molecular weight excluding hydrogens is 375 g/mol. The molecule has 0 spiro atoms. The molecule has 1 N–H and O–H groups in total. The van der Waals surface area contributed by atoms with Crippen molar-refractivity contribution in [2.45, 2.75) is 32.6 Å². The number of pyridine rings is 1. The van der Waals surface area contributed by atoms with E-state index in [1.54, 1.807) is 6.07 Å². The first-order chi connectivity index (χ1) is 14.6. The van der Waals surface area contributed by atoms with E-state index in [4.69, 9.17) is 0 Å². The number of carbonyl (C=O) groups excluding carboxylic acids is 1. The van der Waals surface area contributed by atoms with Gasteiger partial charge in [-0.25, -0.2) is 4.39 Å². The molecule has 2 heterocycles. The second kappa shape index (κ2) is 7.98. The maximum absolute atomic E-state index is 13.5. The smallest absolute Gasteiger partial charge is 0.223 e. The molecule has 2 aromatic rings. The second-order valence-corrected chi connectivity index (χ2v) is 9.51. The highest BCUT2D eigenvalue weighted by Crippen LogP contribution is 2.51. The molecule has 4 heteroatoms. The minimum atomic E-state index is -0.237. The highest BCUT2D eigenvalue weighted by Gasteiger charge is 2.49. The standard InChI is InChI=1S/C26H29FN2O/c1-16-5-9-22-19(11-16)13-24-25(15-29-26(24)30)23(22)10-8-21-7-6-18(14-28-21)17-3-2-4-20(27)12-17/h2-4,6-8,10,12,14,16,19,22-25H,5,9,11,13,15H2,1H3,(H,29,30)/b10-8+/t16-,19+,22-,23+,24+,25-/m1/s1. The Balaban J connectivity index is 1.37. The van der Waals surface area contributed by atoms with Crippen molar-refractivity contribution >= 4 is 12.0 Å². The average Bonchev–Trinajstić information content (AvgIpc) is 3.12. The van der Waals surface area contributed by atoms with E-state index < -0.39 is 0 Å². The maximum atomic E-state index is 13.5. The summed E-state index contributed by atoms with van der Waals surface area (Å²) in [5.74, 6) is 3.16. The van der Waals surface area contributed by atoms with Crippen LogP contribution in [0.2, 0.25) is 0 Å². The van der Waals surface area contributed by atoms with Gasteiger partial charge in [0, 0.05) is 24.2 Å². The molecule has 1 aromatic carbocycles. The molecule has 1 aromatic heterocycles. The third-order valence-corrected chi connectivity index (χ3v) is 7.65. The molecule has 0 bridgehead atoms. The first kappa shape index (κ1) is 19.5. The van der Waals surface area contributed by atoms with Crippen LogP contribution in [-0.2, 0) is 4.79 Å². The molecule has 1 aliphatic heterocycles. The monoisotopic (exact) mass is 404 g/mol. The van der Waals surface area contributed by atoms with E-state index in [9.17, 15) is 9.18 Å². The fourth-order valence-electron chi connectivity index (χ4n) is 6.15. The number of aromatic nitrogens is 1. The lowest BCUT2D eigenvalue weighted by Crippen LogP contribution is -2.42. The Bertz CT molecular complexity index is 954. The molecular formula is C26H29FN2O. The summed E-state index contributed by atoms with van der Waals surface area (Å²) in [5, 5.41) is 3.12. The Hall–Kier alpha value is -2.49. The summed E-state index contributed by atoms with van der Waals surface area (Å²) in [4.78, 5) is 17.0. The van der Waals surface area contributed by atoms with E-state index in [2.05, 4.69) is 29.4 Å². The molecule has 0 unspecified atom stereocenters. The van der Waals surface area contributed by atoms with E-state index in [1.807, 2.05) is 24.4 Å². The number of hydrogen-bond acceptors (Lipinski definition) is 2. The zero-order chi connectivity index (χ0) is 20.7. The van der Waals surface area contributed by atoms with Gasteiger partial charge in [-0.3, -0.25) is 9.78 Å². The zero-order valence-corrected chi connectivity index (χ0v) is 17.4. The maximum Gasteiger partial charge on any atom is 0.223 e. The molecule has 2 saturated carbocycles. The number of carbonyl (C=O) groups is 1. The van der Waals surface area contributed by atoms with Gasteiger partial charge in [-0.05, 0) is 78.7 Å². The molecule has 1 amide bonds. The van der Waals surface area contributed by atoms with Gasteiger partial charge in [0.15, 0.2) is 0 Å². The number of benzene rings is 1. The van der Waals surface area contributed by atoms with Crippen LogP contribution in [0.5, 0.6) is 0 Å². The molecule has 3 aliphatic rings. The number of nitrogens with zero attached hydrogens (tertiary/aromatic N) is 1. The number of nitrogens with one attached hydrogen (secondary N) is 1. The predicted octanol–water partition coefficient (Wildman–Crippen LogP) is 5.34. The van der Waals surface area contributed by atoms with E-state index in [-0.39, 0.29) is 17.6 Å². The second-order valence-electron chi connectivity index (χ2n) is 9.51. The molecule has 0 radical (unpaired) electrons. The van der Waals surface area contributed by atoms with Crippen molar-refractivity contribution in [1.29, 1.82) is 0 Å². The topological polar surface area (TPSA) is 42.0 Å². The lowest BCUT2D eigenvalue weighted by Gasteiger charge is -2.47. The van der Waals surface area contributed by atoms with Crippen LogP contribution in [0.15, 0.2) is 48.7 Å². The Morgan fingerprint density at radius 2 is 2.00 bits per heavy atom. The number of fused-ring (bicyclic) bond motifs is 2. The first-order valence-corrected chi connectivity index (χ1v) is 11.3. The van der Waals surface area contributed by atoms with Gasteiger partial charge in [0.05, 0.1) is 5.69 Å². The summed E-state index contributed by atoms with van der Waals surface area (Å²) in [5.41, 5.74) is 2.66. The van der Waals surface area contributed by atoms with Gasteiger partial charge in [0.25, 0.3) is 0 Å². The van der Waals surface area contributed by atoms with Gasteiger partial charge in [-0.1, -0.05) is 37.6 Å². The van der Waals surface area contributed by atoms with Crippen molar-refractivity contribution in [1.82, 2.24) is 10.3 Å². The van der Waals surface area contributed by atoms with Crippen LogP contribution in [0.25, 0.3) is 17.2 Å². The number of allylic oxidation sites excluding steroid dienone is 1. The minimum absolute atomic E-state index is 0.175. The van der Waals surface area contributed by atoms with Gasteiger partial charge in [0.1, 0.15) is 5.82 Å². The van der Waals surface area contributed by atoms with Crippen LogP contribution in [-0.4, -0.2) is 17.4 Å². The summed E-state index contributed by atoms with van der Waals surface area (Å²) in [7, 11) is 0. The Morgan fingerprint density at radius 3 is 2.80 bits per heavy atom. The van der Waals surface area contributed by atoms with Crippen LogP contribution in [0.3, 0.4) is 0 Å². The number of halogens is 1. The van der Waals surface area contributed by atoms with Crippen LogP contribution in [0.4, 0.5) is 4.39 Å². The molecule has 3 nitrogen and oxygen atoms in total. The quantitative estimate of drug-likeness (QED) is 0.751. The van der Waals surface area contributed by atoms with Gasteiger partial charge in [0.2, 0.25) is 5.91 Å². The van der Waals surface area contributed by atoms with E-state index in [0.29, 0.717) is 23.7 Å². The van der Waals surface area contributed by atoms with Crippen LogP contribution < -0.4 is 5.32 Å². The lowest BCUT2D eigenvalue weighted by molar-refractivity contribution is -0.125. The van der Waals surface area contributed by atoms with Crippen LogP contribution in [0.1, 0.15) is 38.3 Å². The highest BCUT2D eigenvalue weighted by molar-refractivity contribution is 5.81. The average molecular weight is 405 g/mol. The van der Waals surface area contributed by atoms with Gasteiger partial charge >= 0.3 is 0 Å². The van der Waals surface area contributed by atoms with Crippen molar-refractivity contribution in [3.8, 4) is 11.1 Å². The van der Waals surface area contributed by atoms with E-state index in [0.717, 1.165) is 35.7 Å². The Labute approximate surface area is 177 Å². The van der Waals surface area contributed by atoms with Crippen LogP contribution >= 0.6 is 0 Å². The lowest BCUT2D eigenvalue weighted by atomic mass is 9.57. The third kappa shape index (κ3) is 3.68. The molecule has 6 atom stereocenters. The molecule has 2 aliphatic carbocycles. The third-order valence-electron chi connectivity index (χ3n) is 7.65. The van der Waals surface area contributed by atoms with Crippen molar-refractivity contribution < 1.29 is 9.18 Å². The van der Waals surface area contributed by atoms with Crippen molar-refractivity contribution in [2.24, 2.45) is 35.5 Å². The summed E-state index contributed by atoms with van der Waals surface area (Å²) in [6, 6.07) is 10.6. The summed E-state index contributed by atoms with van der Waals surface area (Å²) >= 11 is 0. The fraction of sp³-hybridized carbons (Fsp3) is 0.462. The molecule has 3 fully saturated rings. The zero-order valence-electron chi connectivity index (χ0n) is 17.4. The van der Waals surface area contributed by atoms with Crippen LogP contribution in [0, 0.1) is 41.3 Å². The number of hydrogen-bond donors (Lipinski definition) is 1. The normalized spacial score (nSPS) is 33.2. The summed E-state index contributed by atoms with van der Waals surface area (Å²) in [6.07, 6.45) is 11.1. The summed E-state index contributed by atoms with van der Waals surface area (Å²) < 4.78 is 13.5. The molecule has 1 saturated heterocycles. The van der Waals surface area contributed by atoms with Crippen molar-refractivity contribution in [3.63, 3.8) is 0 Å². The van der Waals surface area contributed by atoms with Gasteiger partial charge in [-0.15, -0.1) is 0 Å². The van der Waals surface area contributed by atoms with Gasteiger partial charge < -0.3 is 5.32 Å². The largest absolute Gasteiger partial charge is 0.356 e. The first-order valence-electron chi connectivity index (χ1n) is 11.3. The molecule has 5 rings (SSSR count). The predicted molar refractivity (Wildman–Crippen MR) is 117 cm³/mol. The molecule has 156 valence electrons. The number of amides is 1. The number of rotatable bonds is 3. The van der Waals surface area contributed by atoms with E-state index in [1.165, 1.54) is 31.4 Å². The van der Waals surface area contributed by atoms with E-state index >= 15 is 0 Å². The molecule has 30 heavy (non-hydrogen) atoms. The SMILES string of the molecule is C[C@@H]1CC[C@@H]2[C@@H](C1)C[C@@H]1C(=O)NC[C@@H]1[C@H]2/C=C/c1ccc(-c2cccc(F)c2)cn1. The fourth-order valence-corrected chi connectivity index (χ4v) is 6.15. The minimum Gasteiger partial charge on any atom is -0.356 e. The summed E-state index contributed by atoms with van der Waals surface area (Å²) in [6.45, 7) is 3.16. The Morgan fingerprint density at radius 1 is 1.10 bits per heavy atom. The Kier molecular flexibility index (Phi) is 5.18. The van der Waals surface area contributed by atoms with Gasteiger partial charge in [-0.2, -0.15) is 0 Å².